The molecule has 2 N–H and O–H groups in total. The summed E-state index contributed by atoms with van der Waals surface area (Å²) in [5, 5.41) is 19.3. The second-order valence-corrected chi connectivity index (χ2v) is 6.25. The number of Topliss-reactive ketones (excluding diaryl/α,β-unsaturated/α-hetero) is 2. The van der Waals surface area contributed by atoms with Gasteiger partial charge >= 0.3 is 0 Å². The molecular formula is C21H21N5O4. The molecule has 1 aromatic carbocycles. The largest absolute Gasteiger partial charge is 0.512 e. The molecule has 30 heavy (non-hydrogen) atoms. The van der Waals surface area contributed by atoms with Gasteiger partial charge in [0, 0.05) is 18.0 Å². The number of benzene rings is 1. The second kappa shape index (κ2) is 9.97. The first-order valence-corrected chi connectivity index (χ1v) is 8.90. The molecule has 0 spiro atoms. The average Bonchev–Trinajstić information content (AvgIpc) is 2.67. The number of carbonyl (C=O) groups excluding carboxylic acids is 2. The third-order valence-corrected chi connectivity index (χ3v) is 3.80. The summed E-state index contributed by atoms with van der Waals surface area (Å²) in [7, 11) is 0. The SMILES string of the molecule is CC(=O)C(C=Nc1nc(N=CC(C(C)=O)=C(C)O)nc(-c2ccccc2)n1)=C(C)O. The van der Waals surface area contributed by atoms with Crippen molar-refractivity contribution in [2.24, 2.45) is 9.98 Å². The molecule has 154 valence electrons. The van der Waals surface area contributed by atoms with Crippen molar-refractivity contribution in [2.45, 2.75) is 27.7 Å². The molecule has 0 aliphatic rings. The minimum absolute atomic E-state index is 0.0134. The van der Waals surface area contributed by atoms with E-state index in [1.165, 1.54) is 27.7 Å². The molecule has 0 saturated heterocycles. The first kappa shape index (κ1) is 22.3. The van der Waals surface area contributed by atoms with Crippen LogP contribution >= 0.6 is 0 Å². The minimum atomic E-state index is -0.371. The quantitative estimate of drug-likeness (QED) is 0.404. The van der Waals surface area contributed by atoms with Crippen LogP contribution in [0, 0.1) is 0 Å². The monoisotopic (exact) mass is 407 g/mol. The number of hydrogen-bond acceptors (Lipinski definition) is 9. The van der Waals surface area contributed by atoms with Crippen molar-refractivity contribution < 1.29 is 19.8 Å². The molecule has 0 radical (unpaired) electrons. The molecule has 0 aliphatic heterocycles. The van der Waals surface area contributed by atoms with Gasteiger partial charge in [-0.1, -0.05) is 30.3 Å². The zero-order chi connectivity index (χ0) is 22.3. The number of rotatable bonds is 7. The van der Waals surface area contributed by atoms with Crippen molar-refractivity contribution >= 4 is 35.9 Å². The number of aliphatic hydroxyl groups is 2. The first-order chi connectivity index (χ1) is 14.2. The lowest BCUT2D eigenvalue weighted by atomic mass is 10.2. The molecule has 9 heteroatoms. The van der Waals surface area contributed by atoms with Crippen LogP contribution in [0.5, 0.6) is 0 Å². The van der Waals surface area contributed by atoms with Crippen LogP contribution in [0.3, 0.4) is 0 Å². The van der Waals surface area contributed by atoms with Crippen LogP contribution in [0.4, 0.5) is 11.9 Å². The van der Waals surface area contributed by atoms with E-state index in [1.807, 2.05) is 18.2 Å². The van der Waals surface area contributed by atoms with Crippen LogP contribution in [0.15, 0.2) is 63.0 Å². The molecule has 0 atom stereocenters. The van der Waals surface area contributed by atoms with Gasteiger partial charge in [0.05, 0.1) is 11.1 Å². The molecule has 0 amide bonds. The van der Waals surface area contributed by atoms with Crippen molar-refractivity contribution in [2.75, 3.05) is 0 Å². The van der Waals surface area contributed by atoms with Crippen LogP contribution in [-0.2, 0) is 9.59 Å². The molecule has 2 aromatic rings. The molecule has 9 nitrogen and oxygen atoms in total. The van der Waals surface area contributed by atoms with E-state index < -0.39 is 0 Å². The summed E-state index contributed by atoms with van der Waals surface area (Å²) in [6, 6.07) is 9.03. The van der Waals surface area contributed by atoms with Crippen LogP contribution in [0.1, 0.15) is 27.7 Å². The number of aromatic nitrogens is 3. The van der Waals surface area contributed by atoms with E-state index in [4.69, 9.17) is 0 Å². The summed E-state index contributed by atoms with van der Waals surface area (Å²) in [4.78, 5) is 44.0. The topological polar surface area (TPSA) is 138 Å². The molecule has 2 rings (SSSR count). The zero-order valence-corrected chi connectivity index (χ0v) is 17.0. The van der Waals surface area contributed by atoms with E-state index in [9.17, 15) is 19.8 Å². The van der Waals surface area contributed by atoms with Gasteiger partial charge in [-0.3, -0.25) is 9.59 Å². The van der Waals surface area contributed by atoms with Gasteiger partial charge in [-0.2, -0.15) is 15.0 Å². The Hall–Kier alpha value is -4.01. The van der Waals surface area contributed by atoms with E-state index in [0.29, 0.717) is 5.56 Å². The summed E-state index contributed by atoms with van der Waals surface area (Å²) in [6.07, 6.45) is 2.32. The van der Waals surface area contributed by atoms with E-state index in [1.54, 1.807) is 12.1 Å². The van der Waals surface area contributed by atoms with Gasteiger partial charge in [-0.25, -0.2) is 9.98 Å². The van der Waals surface area contributed by atoms with Crippen LogP contribution in [0.25, 0.3) is 11.4 Å². The number of carbonyl (C=O) groups is 2. The first-order valence-electron chi connectivity index (χ1n) is 8.90. The van der Waals surface area contributed by atoms with Crippen molar-refractivity contribution in [3.05, 3.63) is 53.0 Å². The minimum Gasteiger partial charge on any atom is -0.512 e. The van der Waals surface area contributed by atoms with Crippen molar-refractivity contribution in [1.29, 1.82) is 0 Å². The van der Waals surface area contributed by atoms with Gasteiger partial charge in [0.25, 0.3) is 11.9 Å². The number of ketones is 2. The number of allylic oxidation sites excluding steroid dienone is 4. The molecule has 1 aromatic heterocycles. The maximum absolute atomic E-state index is 11.6. The number of aliphatic hydroxyl groups excluding tert-OH is 2. The van der Waals surface area contributed by atoms with Crippen molar-refractivity contribution in [1.82, 2.24) is 15.0 Å². The Morgan fingerprint density at radius 3 is 1.57 bits per heavy atom. The normalized spacial score (nSPS) is 13.3. The Balaban J connectivity index is 2.57. The molecule has 0 unspecified atom stereocenters. The fourth-order valence-corrected chi connectivity index (χ4v) is 2.31. The summed E-state index contributed by atoms with van der Waals surface area (Å²) in [5.41, 5.74) is 0.702. The smallest absolute Gasteiger partial charge is 0.254 e. The zero-order valence-electron chi connectivity index (χ0n) is 17.0. The van der Waals surface area contributed by atoms with Gasteiger partial charge in [0.15, 0.2) is 17.4 Å². The molecule has 0 saturated carbocycles. The molecular weight excluding hydrogens is 386 g/mol. The Morgan fingerprint density at radius 2 is 1.20 bits per heavy atom. The van der Waals surface area contributed by atoms with E-state index in [0.717, 1.165) is 12.4 Å². The van der Waals surface area contributed by atoms with Crippen LogP contribution < -0.4 is 0 Å². The standard InChI is InChI=1S/C21H21N5O4/c1-12(27)17(13(2)28)10-22-20-24-19(16-8-6-5-7-9-16)25-21(26-20)23-11-18(14(3)29)15(4)30/h5-11,27,29H,1-4H3. The highest BCUT2D eigenvalue weighted by Crippen LogP contribution is 2.20. The lowest BCUT2D eigenvalue weighted by Crippen LogP contribution is -2.02. The fourth-order valence-electron chi connectivity index (χ4n) is 2.31. The van der Waals surface area contributed by atoms with Gasteiger partial charge in [0.2, 0.25) is 0 Å². The molecule has 0 bridgehead atoms. The van der Waals surface area contributed by atoms with E-state index in [-0.39, 0.29) is 52.0 Å². The number of hydrogen-bond donors (Lipinski definition) is 2. The molecule has 1 heterocycles. The maximum atomic E-state index is 11.6. The van der Waals surface area contributed by atoms with Crippen LogP contribution in [0.2, 0.25) is 0 Å². The second-order valence-electron chi connectivity index (χ2n) is 6.25. The Kier molecular flexibility index (Phi) is 7.40. The molecule has 0 fully saturated rings. The average molecular weight is 407 g/mol. The van der Waals surface area contributed by atoms with Gasteiger partial charge in [-0.05, 0) is 27.7 Å². The predicted molar refractivity (Wildman–Crippen MR) is 114 cm³/mol. The predicted octanol–water partition coefficient (Wildman–Crippen LogP) is 3.79. The van der Waals surface area contributed by atoms with E-state index >= 15 is 0 Å². The highest BCUT2D eigenvalue weighted by Gasteiger charge is 2.10. The lowest BCUT2D eigenvalue weighted by Gasteiger charge is -2.03. The highest BCUT2D eigenvalue weighted by atomic mass is 16.3. The van der Waals surface area contributed by atoms with E-state index in [2.05, 4.69) is 24.9 Å². The van der Waals surface area contributed by atoms with Gasteiger partial charge < -0.3 is 10.2 Å². The number of nitrogens with zero attached hydrogens (tertiary/aromatic N) is 5. The summed E-state index contributed by atoms with van der Waals surface area (Å²) in [5.74, 6) is -0.941. The maximum Gasteiger partial charge on any atom is 0.254 e. The van der Waals surface area contributed by atoms with Crippen molar-refractivity contribution in [3.8, 4) is 11.4 Å². The summed E-state index contributed by atoms with van der Waals surface area (Å²) >= 11 is 0. The van der Waals surface area contributed by atoms with Crippen molar-refractivity contribution in [3.63, 3.8) is 0 Å². The number of aliphatic imine (C=N–C) groups is 2. The Labute approximate surface area is 173 Å². The van der Waals surface area contributed by atoms with Gasteiger partial charge in [-0.15, -0.1) is 0 Å². The summed E-state index contributed by atoms with van der Waals surface area (Å²) < 4.78 is 0. The fraction of sp³-hybridized carbons (Fsp3) is 0.190. The Bertz CT molecular complexity index is 1010. The molecule has 0 aliphatic carbocycles. The lowest BCUT2D eigenvalue weighted by molar-refractivity contribution is -0.114. The third kappa shape index (κ3) is 5.99. The van der Waals surface area contributed by atoms with Gasteiger partial charge in [0.1, 0.15) is 11.5 Å². The highest BCUT2D eigenvalue weighted by molar-refractivity contribution is 6.13. The van der Waals surface area contributed by atoms with Crippen LogP contribution in [-0.4, -0.2) is 49.2 Å². The third-order valence-electron chi connectivity index (χ3n) is 3.80. The summed E-state index contributed by atoms with van der Waals surface area (Å²) in [6.45, 7) is 5.33. The Morgan fingerprint density at radius 1 is 0.767 bits per heavy atom.